The molecule has 32 heavy (non-hydrogen) atoms. The van der Waals surface area contributed by atoms with Crippen LogP contribution in [0.25, 0.3) is 28.7 Å². The molecule has 0 spiro atoms. The Morgan fingerprint density at radius 1 is 0.938 bits per heavy atom. The minimum Gasteiger partial charge on any atom is -0.268 e. The molecule has 4 rings (SSSR count). The number of aromatic nitrogens is 2. The first-order valence-electron chi connectivity index (χ1n) is 10.4. The lowest BCUT2D eigenvalue weighted by molar-refractivity contribution is 0.590. The van der Waals surface area contributed by atoms with Gasteiger partial charge in [0.2, 0.25) is 0 Å². The summed E-state index contributed by atoms with van der Waals surface area (Å²) in [6, 6.07) is 19.0. The van der Waals surface area contributed by atoms with Crippen molar-refractivity contribution in [2.24, 2.45) is 0 Å². The van der Waals surface area contributed by atoms with Gasteiger partial charge in [0.1, 0.15) is 5.82 Å². The fraction of sp³-hybridized carbons (Fsp3) is 0.185. The third-order valence-electron chi connectivity index (χ3n) is 5.54. The maximum atomic E-state index is 13.5. The van der Waals surface area contributed by atoms with Crippen molar-refractivity contribution >= 4 is 46.3 Å². The molecule has 0 unspecified atom stereocenters. The van der Waals surface area contributed by atoms with E-state index in [4.69, 9.17) is 28.2 Å². The van der Waals surface area contributed by atoms with E-state index < -0.39 is 0 Å². The molecule has 0 radical (unpaired) electrons. The molecule has 0 aliphatic rings. The largest absolute Gasteiger partial charge is 0.268 e. The highest BCUT2D eigenvalue weighted by molar-refractivity contribution is 6.31. The first kappa shape index (κ1) is 22.3. The Morgan fingerprint density at radius 3 is 2.34 bits per heavy atom. The van der Waals surface area contributed by atoms with Crippen LogP contribution in [0, 0.1) is 6.92 Å². The Morgan fingerprint density at radius 2 is 1.66 bits per heavy atom. The van der Waals surface area contributed by atoms with Crippen LogP contribution in [0.2, 0.25) is 10.0 Å². The molecule has 0 saturated carbocycles. The minimum absolute atomic E-state index is 0.0893. The van der Waals surface area contributed by atoms with Gasteiger partial charge in [-0.3, -0.25) is 9.36 Å². The van der Waals surface area contributed by atoms with Crippen molar-refractivity contribution in [2.75, 3.05) is 0 Å². The highest BCUT2D eigenvalue weighted by Crippen LogP contribution is 2.25. The Kier molecular flexibility index (Phi) is 5.98. The van der Waals surface area contributed by atoms with Crippen LogP contribution in [0.3, 0.4) is 0 Å². The SMILES string of the molecule is Cc1c(Cl)cccc1-n1c(C=Cc2ccc(C(C)(C)C)cc2)nc2cc(Cl)ccc2c1=O. The van der Waals surface area contributed by atoms with Gasteiger partial charge in [0, 0.05) is 10.0 Å². The zero-order valence-corrected chi connectivity index (χ0v) is 20.0. The maximum absolute atomic E-state index is 13.5. The number of nitrogens with zero attached hydrogens (tertiary/aromatic N) is 2. The zero-order valence-electron chi connectivity index (χ0n) is 18.5. The van der Waals surface area contributed by atoms with Crippen molar-refractivity contribution in [1.29, 1.82) is 0 Å². The Hall–Kier alpha value is -2.88. The Bertz CT molecular complexity index is 1390. The van der Waals surface area contributed by atoms with E-state index in [2.05, 4.69) is 45.0 Å². The lowest BCUT2D eigenvalue weighted by Gasteiger charge is -2.18. The second kappa shape index (κ2) is 8.57. The summed E-state index contributed by atoms with van der Waals surface area (Å²) in [6.45, 7) is 8.46. The predicted molar refractivity (Wildman–Crippen MR) is 136 cm³/mol. The topological polar surface area (TPSA) is 34.9 Å². The zero-order chi connectivity index (χ0) is 23.0. The van der Waals surface area contributed by atoms with Gasteiger partial charge in [0.15, 0.2) is 0 Å². The molecule has 3 nitrogen and oxygen atoms in total. The van der Waals surface area contributed by atoms with Crippen LogP contribution in [-0.2, 0) is 5.41 Å². The molecule has 0 saturated heterocycles. The lowest BCUT2D eigenvalue weighted by Crippen LogP contribution is -2.23. The monoisotopic (exact) mass is 462 g/mol. The van der Waals surface area contributed by atoms with Gasteiger partial charge in [0.25, 0.3) is 5.56 Å². The van der Waals surface area contributed by atoms with Crippen molar-refractivity contribution in [3.05, 3.63) is 104 Å². The molecule has 0 fully saturated rings. The van der Waals surface area contributed by atoms with Gasteiger partial charge in [0.05, 0.1) is 16.6 Å². The third-order valence-corrected chi connectivity index (χ3v) is 6.18. The summed E-state index contributed by atoms with van der Waals surface area (Å²) in [5.74, 6) is 0.509. The van der Waals surface area contributed by atoms with Crippen LogP contribution in [0.1, 0.15) is 43.3 Å². The summed E-state index contributed by atoms with van der Waals surface area (Å²) >= 11 is 12.5. The predicted octanol–water partition coefficient (Wildman–Crippen LogP) is 7.47. The van der Waals surface area contributed by atoms with E-state index in [0.29, 0.717) is 32.5 Å². The van der Waals surface area contributed by atoms with Gasteiger partial charge in [-0.2, -0.15) is 0 Å². The van der Waals surface area contributed by atoms with Crippen molar-refractivity contribution in [2.45, 2.75) is 33.1 Å². The Balaban J connectivity index is 1.90. The molecule has 0 bridgehead atoms. The third kappa shape index (κ3) is 4.36. The van der Waals surface area contributed by atoms with Crippen LogP contribution in [-0.4, -0.2) is 9.55 Å². The second-order valence-electron chi connectivity index (χ2n) is 8.86. The number of benzene rings is 3. The first-order chi connectivity index (χ1) is 15.1. The fourth-order valence-corrected chi connectivity index (χ4v) is 3.96. The molecule has 1 heterocycles. The number of halogens is 2. The van der Waals surface area contributed by atoms with E-state index >= 15 is 0 Å². The molecule has 0 aliphatic carbocycles. The maximum Gasteiger partial charge on any atom is 0.266 e. The van der Waals surface area contributed by atoms with Gasteiger partial charge in [-0.15, -0.1) is 0 Å². The molecule has 4 aromatic rings. The Labute approximate surface area is 198 Å². The molecule has 0 atom stereocenters. The first-order valence-corrected chi connectivity index (χ1v) is 11.2. The van der Waals surface area contributed by atoms with Crippen molar-refractivity contribution in [3.63, 3.8) is 0 Å². The van der Waals surface area contributed by atoms with Crippen molar-refractivity contribution in [1.82, 2.24) is 9.55 Å². The van der Waals surface area contributed by atoms with Crippen LogP contribution in [0.4, 0.5) is 0 Å². The van der Waals surface area contributed by atoms with E-state index in [0.717, 1.165) is 11.1 Å². The van der Waals surface area contributed by atoms with E-state index in [9.17, 15) is 4.79 Å². The van der Waals surface area contributed by atoms with E-state index in [1.807, 2.05) is 37.3 Å². The molecular weight excluding hydrogens is 439 g/mol. The molecule has 0 N–H and O–H groups in total. The lowest BCUT2D eigenvalue weighted by atomic mass is 9.87. The highest BCUT2D eigenvalue weighted by atomic mass is 35.5. The van der Waals surface area contributed by atoms with Crippen molar-refractivity contribution in [3.8, 4) is 5.69 Å². The van der Waals surface area contributed by atoms with Crippen molar-refractivity contribution < 1.29 is 0 Å². The summed E-state index contributed by atoms with van der Waals surface area (Å²) < 4.78 is 1.61. The van der Waals surface area contributed by atoms with Gasteiger partial charge in [-0.1, -0.05) is 80.4 Å². The summed E-state index contributed by atoms with van der Waals surface area (Å²) in [4.78, 5) is 18.3. The van der Waals surface area contributed by atoms with E-state index in [1.54, 1.807) is 22.8 Å². The van der Waals surface area contributed by atoms with Crippen LogP contribution in [0.15, 0.2) is 65.5 Å². The number of fused-ring (bicyclic) bond motifs is 1. The van der Waals surface area contributed by atoms with E-state index in [1.165, 1.54) is 5.56 Å². The smallest absolute Gasteiger partial charge is 0.266 e. The standard InChI is InChI=1S/C27H24Cl2N2O/c1-17-22(29)6-5-7-24(17)31-25(30-23-16-20(28)13-14-21(23)26(31)32)15-10-18-8-11-19(12-9-18)27(2,3)4/h5-16H,1-4H3. The summed E-state index contributed by atoms with van der Waals surface area (Å²) in [7, 11) is 0. The van der Waals surface area contributed by atoms with Gasteiger partial charge in [-0.25, -0.2) is 4.98 Å². The molecular formula is C27H24Cl2N2O. The molecule has 3 aromatic carbocycles. The number of rotatable bonds is 3. The fourth-order valence-electron chi connectivity index (χ4n) is 3.62. The van der Waals surface area contributed by atoms with Gasteiger partial charge >= 0.3 is 0 Å². The van der Waals surface area contributed by atoms with Gasteiger partial charge < -0.3 is 0 Å². The second-order valence-corrected chi connectivity index (χ2v) is 9.70. The average molecular weight is 463 g/mol. The molecule has 162 valence electrons. The number of hydrogen-bond donors (Lipinski definition) is 0. The van der Waals surface area contributed by atoms with Crippen LogP contribution in [0.5, 0.6) is 0 Å². The van der Waals surface area contributed by atoms with Crippen LogP contribution >= 0.6 is 23.2 Å². The van der Waals surface area contributed by atoms with E-state index in [-0.39, 0.29) is 11.0 Å². The molecule has 0 amide bonds. The average Bonchev–Trinajstić information content (AvgIpc) is 2.74. The summed E-state index contributed by atoms with van der Waals surface area (Å²) in [6.07, 6.45) is 3.81. The quantitative estimate of drug-likeness (QED) is 0.316. The van der Waals surface area contributed by atoms with Gasteiger partial charge in [-0.05, 0) is 65.4 Å². The molecule has 0 aliphatic heterocycles. The number of hydrogen-bond acceptors (Lipinski definition) is 2. The summed E-state index contributed by atoms with van der Waals surface area (Å²) in [5.41, 5.74) is 4.28. The molecule has 1 aromatic heterocycles. The molecule has 5 heteroatoms. The normalized spacial score (nSPS) is 12.1. The minimum atomic E-state index is -0.167. The summed E-state index contributed by atoms with van der Waals surface area (Å²) in [5, 5.41) is 1.63. The van der Waals surface area contributed by atoms with Crippen LogP contribution < -0.4 is 5.56 Å². The highest BCUT2D eigenvalue weighted by Gasteiger charge is 2.15.